The molecule has 1 aliphatic rings. The van der Waals surface area contributed by atoms with E-state index in [0.29, 0.717) is 5.56 Å². The average molecular weight is 233 g/mol. The molecular formula is C10H10F3NO2. The number of alkyl halides is 3. The smallest absolute Gasteiger partial charge is 0.386 e. The Bertz CT molecular complexity index is 406. The Morgan fingerprint density at radius 1 is 1.44 bits per heavy atom. The van der Waals surface area contributed by atoms with Gasteiger partial charge in [-0.05, 0) is 13.0 Å². The molecule has 0 bridgehead atoms. The number of halogens is 3. The first kappa shape index (κ1) is 11.3. The summed E-state index contributed by atoms with van der Waals surface area (Å²) in [5.41, 5.74) is -0.392. The summed E-state index contributed by atoms with van der Waals surface area (Å²) >= 11 is 0. The maximum absolute atomic E-state index is 12.4. The molecule has 16 heavy (non-hydrogen) atoms. The van der Waals surface area contributed by atoms with Gasteiger partial charge in [-0.15, -0.1) is 0 Å². The zero-order valence-corrected chi connectivity index (χ0v) is 8.45. The van der Waals surface area contributed by atoms with E-state index in [1.807, 2.05) is 0 Å². The first-order valence-corrected chi connectivity index (χ1v) is 4.77. The minimum atomic E-state index is -4.48. The van der Waals surface area contributed by atoms with Gasteiger partial charge >= 0.3 is 6.18 Å². The fraction of sp³-hybridized carbons (Fsp3) is 0.500. The van der Waals surface area contributed by atoms with Crippen LogP contribution in [-0.4, -0.2) is 16.7 Å². The van der Waals surface area contributed by atoms with Crippen LogP contribution in [0.5, 0.6) is 0 Å². The number of hydrogen-bond acceptors (Lipinski definition) is 3. The number of ether oxygens (including phenoxy) is 1. The molecule has 88 valence electrons. The number of pyridine rings is 1. The molecule has 2 heterocycles. The van der Waals surface area contributed by atoms with Crippen molar-refractivity contribution in [2.75, 3.05) is 6.61 Å². The number of aliphatic hydroxyl groups excluding tert-OH is 1. The maximum Gasteiger partial charge on any atom is 0.433 e. The molecule has 2 rings (SSSR count). The maximum atomic E-state index is 12.4. The van der Waals surface area contributed by atoms with Crippen molar-refractivity contribution in [3.8, 4) is 0 Å². The van der Waals surface area contributed by atoms with Crippen LogP contribution in [0.15, 0.2) is 12.1 Å². The van der Waals surface area contributed by atoms with Crippen LogP contribution in [0.3, 0.4) is 0 Å². The first-order chi connectivity index (χ1) is 7.39. The highest BCUT2D eigenvalue weighted by Crippen LogP contribution is 2.34. The summed E-state index contributed by atoms with van der Waals surface area (Å²) in [5, 5.41) is 9.53. The number of fused-ring (bicyclic) bond motifs is 1. The molecule has 1 aromatic rings. The Hall–Kier alpha value is -1.14. The van der Waals surface area contributed by atoms with E-state index in [1.165, 1.54) is 6.07 Å². The van der Waals surface area contributed by atoms with Gasteiger partial charge in [-0.1, -0.05) is 6.07 Å². The summed E-state index contributed by atoms with van der Waals surface area (Å²) in [5.74, 6) is 0. The van der Waals surface area contributed by atoms with Crippen molar-refractivity contribution in [1.82, 2.24) is 4.98 Å². The molecule has 0 saturated carbocycles. The monoisotopic (exact) mass is 233 g/mol. The van der Waals surface area contributed by atoms with E-state index < -0.39 is 24.1 Å². The zero-order valence-electron chi connectivity index (χ0n) is 8.45. The van der Waals surface area contributed by atoms with Crippen molar-refractivity contribution in [2.24, 2.45) is 0 Å². The van der Waals surface area contributed by atoms with Gasteiger partial charge in [0.25, 0.3) is 0 Å². The molecular weight excluding hydrogens is 223 g/mol. The van der Waals surface area contributed by atoms with Crippen LogP contribution < -0.4 is 0 Å². The molecule has 1 aliphatic heterocycles. The van der Waals surface area contributed by atoms with Gasteiger partial charge in [0.2, 0.25) is 0 Å². The normalized spacial score (nSPS) is 25.3. The summed E-state index contributed by atoms with van der Waals surface area (Å²) < 4.78 is 42.4. The molecule has 0 amide bonds. The van der Waals surface area contributed by atoms with Gasteiger partial charge in [0.1, 0.15) is 11.8 Å². The topological polar surface area (TPSA) is 42.4 Å². The van der Waals surface area contributed by atoms with E-state index in [9.17, 15) is 18.3 Å². The van der Waals surface area contributed by atoms with Crippen LogP contribution in [0.25, 0.3) is 0 Å². The SMILES string of the molecule is C[C@@H]1OC[C@H](O)c2ccc(C(F)(F)F)nc21. The highest BCUT2D eigenvalue weighted by Gasteiger charge is 2.35. The minimum Gasteiger partial charge on any atom is -0.386 e. The van der Waals surface area contributed by atoms with Gasteiger partial charge in [-0.25, -0.2) is 4.98 Å². The Kier molecular flexibility index (Phi) is 2.63. The number of aliphatic hydroxyl groups is 1. The third-order valence-corrected chi connectivity index (χ3v) is 2.50. The van der Waals surface area contributed by atoms with Gasteiger partial charge in [0, 0.05) is 5.56 Å². The lowest BCUT2D eigenvalue weighted by molar-refractivity contribution is -0.141. The predicted octanol–water partition coefficient (Wildman–Crippen LogP) is 2.23. The Labute approximate surface area is 89.9 Å². The quantitative estimate of drug-likeness (QED) is 0.747. The molecule has 0 aliphatic carbocycles. The standard InChI is InChI=1S/C10H10F3NO2/c1-5-9-6(7(15)4-16-5)2-3-8(14-9)10(11,12)13/h2-3,5,7,15H,4H2,1H3/t5-,7-/m0/s1. The average Bonchev–Trinajstić information content (AvgIpc) is 2.22. The van der Waals surface area contributed by atoms with Crippen LogP contribution in [0, 0.1) is 0 Å². The fourth-order valence-electron chi connectivity index (χ4n) is 1.66. The van der Waals surface area contributed by atoms with Gasteiger partial charge in [-0.2, -0.15) is 13.2 Å². The Balaban J connectivity index is 2.48. The number of rotatable bonds is 0. The number of aromatic nitrogens is 1. The van der Waals surface area contributed by atoms with Crippen LogP contribution >= 0.6 is 0 Å². The van der Waals surface area contributed by atoms with Crippen LogP contribution in [0.1, 0.15) is 36.1 Å². The molecule has 6 heteroatoms. The second-order valence-electron chi connectivity index (χ2n) is 3.66. The molecule has 0 saturated heterocycles. The van der Waals surface area contributed by atoms with Crippen LogP contribution in [-0.2, 0) is 10.9 Å². The summed E-state index contributed by atoms with van der Waals surface area (Å²) in [7, 11) is 0. The van der Waals surface area contributed by atoms with Gasteiger partial charge in [-0.3, -0.25) is 0 Å². The minimum absolute atomic E-state index is 0.0845. The van der Waals surface area contributed by atoms with Crippen molar-refractivity contribution in [1.29, 1.82) is 0 Å². The van der Waals surface area contributed by atoms with Crippen LogP contribution in [0.2, 0.25) is 0 Å². The van der Waals surface area contributed by atoms with E-state index in [0.717, 1.165) is 6.07 Å². The van der Waals surface area contributed by atoms with E-state index in [1.54, 1.807) is 6.92 Å². The zero-order chi connectivity index (χ0) is 11.9. The molecule has 0 spiro atoms. The van der Waals surface area contributed by atoms with Crippen LogP contribution in [0.4, 0.5) is 13.2 Å². The summed E-state index contributed by atoms with van der Waals surface area (Å²) in [6.45, 7) is 1.69. The summed E-state index contributed by atoms with van der Waals surface area (Å²) in [6.07, 6.45) is -5.90. The van der Waals surface area contributed by atoms with Gasteiger partial charge < -0.3 is 9.84 Å². The van der Waals surface area contributed by atoms with E-state index in [4.69, 9.17) is 4.74 Å². The van der Waals surface area contributed by atoms with E-state index >= 15 is 0 Å². The summed E-state index contributed by atoms with van der Waals surface area (Å²) in [4.78, 5) is 3.51. The van der Waals surface area contributed by atoms with Crippen molar-refractivity contribution in [3.63, 3.8) is 0 Å². The largest absolute Gasteiger partial charge is 0.433 e. The molecule has 0 radical (unpaired) electrons. The molecule has 1 N–H and O–H groups in total. The molecule has 2 atom stereocenters. The molecule has 3 nitrogen and oxygen atoms in total. The second-order valence-corrected chi connectivity index (χ2v) is 3.66. The third-order valence-electron chi connectivity index (χ3n) is 2.50. The van der Waals surface area contributed by atoms with Gasteiger partial charge in [0.05, 0.1) is 18.4 Å². The van der Waals surface area contributed by atoms with Crippen molar-refractivity contribution in [2.45, 2.75) is 25.3 Å². The highest BCUT2D eigenvalue weighted by atomic mass is 19.4. The second kappa shape index (κ2) is 3.71. The lowest BCUT2D eigenvalue weighted by Gasteiger charge is -2.26. The van der Waals surface area contributed by atoms with E-state index in [-0.39, 0.29) is 12.3 Å². The molecule has 0 unspecified atom stereocenters. The van der Waals surface area contributed by atoms with Crippen molar-refractivity contribution < 1.29 is 23.0 Å². The first-order valence-electron chi connectivity index (χ1n) is 4.77. The fourth-order valence-corrected chi connectivity index (χ4v) is 1.66. The number of nitrogens with zero attached hydrogens (tertiary/aromatic N) is 1. The predicted molar refractivity (Wildman–Crippen MR) is 48.6 cm³/mol. The highest BCUT2D eigenvalue weighted by molar-refractivity contribution is 5.29. The van der Waals surface area contributed by atoms with E-state index in [2.05, 4.69) is 4.98 Å². The lowest BCUT2D eigenvalue weighted by atomic mass is 10.0. The molecule has 0 fully saturated rings. The Morgan fingerprint density at radius 3 is 2.75 bits per heavy atom. The third kappa shape index (κ3) is 1.90. The Morgan fingerprint density at radius 2 is 2.12 bits per heavy atom. The molecule has 0 aromatic carbocycles. The lowest BCUT2D eigenvalue weighted by Crippen LogP contribution is -2.22. The summed E-state index contributed by atoms with van der Waals surface area (Å²) in [6, 6.07) is 2.13. The number of hydrogen-bond donors (Lipinski definition) is 1. The molecule has 1 aromatic heterocycles. The van der Waals surface area contributed by atoms with Crippen molar-refractivity contribution in [3.05, 3.63) is 29.1 Å². The van der Waals surface area contributed by atoms with Crippen molar-refractivity contribution >= 4 is 0 Å². The van der Waals surface area contributed by atoms with Gasteiger partial charge in [0.15, 0.2) is 0 Å².